The summed E-state index contributed by atoms with van der Waals surface area (Å²) in [5.74, 6) is 0.809. The summed E-state index contributed by atoms with van der Waals surface area (Å²) in [4.78, 5) is 2.45. The Kier molecular flexibility index (Phi) is 4.19. The van der Waals surface area contributed by atoms with Crippen molar-refractivity contribution in [1.29, 1.82) is 0 Å². The summed E-state index contributed by atoms with van der Waals surface area (Å²) in [6, 6.07) is 9.36. The van der Waals surface area contributed by atoms with Crippen molar-refractivity contribution in [3.05, 3.63) is 35.4 Å². The van der Waals surface area contributed by atoms with E-state index in [0.29, 0.717) is 6.04 Å². The maximum Gasteiger partial charge on any atom is 0.0233 e. The van der Waals surface area contributed by atoms with Crippen molar-refractivity contribution in [1.82, 2.24) is 10.2 Å². The minimum atomic E-state index is 0.675. The van der Waals surface area contributed by atoms with Crippen LogP contribution in [-0.4, -0.2) is 31.1 Å². The van der Waals surface area contributed by atoms with Gasteiger partial charge in [-0.3, -0.25) is 0 Å². The highest BCUT2D eigenvalue weighted by Gasteiger charge is 2.23. The molecule has 1 aromatic rings. The topological polar surface area (TPSA) is 15.3 Å². The van der Waals surface area contributed by atoms with Crippen molar-refractivity contribution in [2.75, 3.05) is 20.1 Å². The normalized spacial score (nSPS) is 24.5. The molecule has 0 aliphatic carbocycles. The minimum Gasteiger partial charge on any atom is -0.314 e. The van der Waals surface area contributed by atoms with Crippen LogP contribution in [0.3, 0.4) is 0 Å². The van der Waals surface area contributed by atoms with Gasteiger partial charge in [-0.1, -0.05) is 24.3 Å². The second-order valence-corrected chi connectivity index (χ2v) is 5.41. The molecule has 2 nitrogen and oxygen atoms in total. The summed E-state index contributed by atoms with van der Waals surface area (Å²) in [5, 5.41) is 3.52. The molecule has 2 heteroatoms. The number of aryl methyl sites for hydroxylation is 1. The largest absolute Gasteiger partial charge is 0.314 e. The third kappa shape index (κ3) is 3.30. The van der Waals surface area contributed by atoms with E-state index in [0.717, 1.165) is 12.5 Å². The average molecular weight is 232 g/mol. The maximum atomic E-state index is 3.52. The Morgan fingerprint density at radius 3 is 2.76 bits per heavy atom. The molecular formula is C15H24N2. The number of nitrogens with zero attached hydrogens (tertiary/aromatic N) is 1. The van der Waals surface area contributed by atoms with Gasteiger partial charge in [0, 0.05) is 19.1 Å². The molecule has 2 atom stereocenters. The summed E-state index contributed by atoms with van der Waals surface area (Å²) >= 11 is 0. The van der Waals surface area contributed by atoms with Crippen LogP contribution in [0.4, 0.5) is 0 Å². The molecule has 1 aromatic carbocycles. The van der Waals surface area contributed by atoms with Crippen molar-refractivity contribution in [2.24, 2.45) is 5.92 Å². The molecule has 1 aliphatic heterocycles. The summed E-state index contributed by atoms with van der Waals surface area (Å²) in [5.41, 5.74) is 2.85. The third-order valence-corrected chi connectivity index (χ3v) is 3.94. The molecule has 0 radical (unpaired) electrons. The highest BCUT2D eigenvalue weighted by Crippen LogP contribution is 2.17. The molecule has 2 unspecified atom stereocenters. The Morgan fingerprint density at radius 1 is 1.35 bits per heavy atom. The Bertz CT molecular complexity index is 362. The summed E-state index contributed by atoms with van der Waals surface area (Å²) < 4.78 is 0. The van der Waals surface area contributed by atoms with E-state index in [9.17, 15) is 0 Å². The molecule has 0 amide bonds. The van der Waals surface area contributed by atoms with Gasteiger partial charge >= 0.3 is 0 Å². The van der Waals surface area contributed by atoms with Gasteiger partial charge in [0.1, 0.15) is 0 Å². The molecule has 1 fully saturated rings. The molecule has 17 heavy (non-hydrogen) atoms. The van der Waals surface area contributed by atoms with Crippen LogP contribution >= 0.6 is 0 Å². The van der Waals surface area contributed by atoms with E-state index in [4.69, 9.17) is 0 Å². The van der Waals surface area contributed by atoms with Crippen LogP contribution < -0.4 is 5.32 Å². The molecule has 1 N–H and O–H groups in total. The van der Waals surface area contributed by atoms with E-state index in [-0.39, 0.29) is 0 Å². The minimum absolute atomic E-state index is 0.675. The number of benzene rings is 1. The molecule has 0 saturated carbocycles. The monoisotopic (exact) mass is 232 g/mol. The van der Waals surface area contributed by atoms with Gasteiger partial charge in [-0.05, 0) is 50.9 Å². The molecule has 1 aliphatic rings. The first kappa shape index (κ1) is 12.6. The first-order valence-corrected chi connectivity index (χ1v) is 6.63. The SMILES string of the molecule is Cc1ccccc1CN(C)CC1CCNC1C. The summed E-state index contributed by atoms with van der Waals surface area (Å²) in [7, 11) is 2.23. The number of rotatable bonds is 4. The van der Waals surface area contributed by atoms with E-state index in [1.54, 1.807) is 0 Å². The predicted molar refractivity (Wildman–Crippen MR) is 73.1 cm³/mol. The van der Waals surface area contributed by atoms with Gasteiger partial charge in [0.25, 0.3) is 0 Å². The molecule has 1 saturated heterocycles. The fourth-order valence-corrected chi connectivity index (χ4v) is 2.71. The smallest absolute Gasteiger partial charge is 0.0233 e. The molecule has 0 aromatic heterocycles. The lowest BCUT2D eigenvalue weighted by molar-refractivity contribution is 0.259. The number of hydrogen-bond donors (Lipinski definition) is 1. The average Bonchev–Trinajstić information content (AvgIpc) is 2.68. The Morgan fingerprint density at radius 2 is 2.12 bits per heavy atom. The van der Waals surface area contributed by atoms with Crippen LogP contribution in [0.15, 0.2) is 24.3 Å². The highest BCUT2D eigenvalue weighted by atomic mass is 15.1. The van der Waals surface area contributed by atoms with E-state index < -0.39 is 0 Å². The van der Waals surface area contributed by atoms with Gasteiger partial charge in [-0.25, -0.2) is 0 Å². The predicted octanol–water partition coefficient (Wildman–Crippen LogP) is 2.42. The van der Waals surface area contributed by atoms with Crippen molar-refractivity contribution in [2.45, 2.75) is 32.9 Å². The molecule has 2 rings (SSSR count). The fourth-order valence-electron chi connectivity index (χ4n) is 2.71. The highest BCUT2D eigenvalue weighted by molar-refractivity contribution is 5.25. The van der Waals surface area contributed by atoms with Gasteiger partial charge in [0.2, 0.25) is 0 Å². The molecular weight excluding hydrogens is 208 g/mol. The zero-order valence-corrected chi connectivity index (χ0v) is 11.2. The molecule has 1 heterocycles. The van der Waals surface area contributed by atoms with Crippen molar-refractivity contribution < 1.29 is 0 Å². The van der Waals surface area contributed by atoms with Crippen molar-refractivity contribution in [3.63, 3.8) is 0 Å². The third-order valence-electron chi connectivity index (χ3n) is 3.94. The number of hydrogen-bond acceptors (Lipinski definition) is 2. The van der Waals surface area contributed by atoms with Crippen LogP contribution in [0.25, 0.3) is 0 Å². The Balaban J connectivity index is 1.89. The lowest BCUT2D eigenvalue weighted by Crippen LogP contribution is -2.32. The van der Waals surface area contributed by atoms with E-state index >= 15 is 0 Å². The fraction of sp³-hybridized carbons (Fsp3) is 0.600. The Hall–Kier alpha value is -0.860. The summed E-state index contributed by atoms with van der Waals surface area (Å²) in [6.07, 6.45) is 1.32. The number of nitrogens with one attached hydrogen (secondary N) is 1. The second-order valence-electron chi connectivity index (χ2n) is 5.41. The van der Waals surface area contributed by atoms with Crippen LogP contribution in [0.5, 0.6) is 0 Å². The van der Waals surface area contributed by atoms with Gasteiger partial charge in [-0.2, -0.15) is 0 Å². The van der Waals surface area contributed by atoms with E-state index in [1.165, 1.54) is 30.6 Å². The molecule has 94 valence electrons. The Labute approximate surface area is 105 Å². The van der Waals surface area contributed by atoms with Crippen LogP contribution in [0.2, 0.25) is 0 Å². The van der Waals surface area contributed by atoms with Gasteiger partial charge < -0.3 is 10.2 Å². The zero-order chi connectivity index (χ0) is 12.3. The first-order valence-electron chi connectivity index (χ1n) is 6.63. The first-order chi connectivity index (χ1) is 8.16. The van der Waals surface area contributed by atoms with Gasteiger partial charge in [-0.15, -0.1) is 0 Å². The van der Waals surface area contributed by atoms with Crippen LogP contribution in [-0.2, 0) is 6.54 Å². The van der Waals surface area contributed by atoms with E-state index in [2.05, 4.69) is 55.4 Å². The summed E-state index contributed by atoms with van der Waals surface area (Å²) in [6.45, 7) is 7.95. The van der Waals surface area contributed by atoms with Gasteiger partial charge in [0.15, 0.2) is 0 Å². The zero-order valence-electron chi connectivity index (χ0n) is 11.2. The van der Waals surface area contributed by atoms with Crippen LogP contribution in [0.1, 0.15) is 24.5 Å². The van der Waals surface area contributed by atoms with E-state index in [1.807, 2.05) is 0 Å². The molecule has 0 bridgehead atoms. The molecule has 0 spiro atoms. The second kappa shape index (κ2) is 5.65. The lowest BCUT2D eigenvalue weighted by Gasteiger charge is -2.24. The van der Waals surface area contributed by atoms with Crippen molar-refractivity contribution >= 4 is 0 Å². The maximum absolute atomic E-state index is 3.52. The van der Waals surface area contributed by atoms with Gasteiger partial charge in [0.05, 0.1) is 0 Å². The lowest BCUT2D eigenvalue weighted by atomic mass is 10.0. The standard InChI is InChI=1S/C15H24N2/c1-12-6-4-5-7-14(12)10-17(3)11-15-8-9-16-13(15)2/h4-7,13,15-16H,8-11H2,1-3H3. The van der Waals surface area contributed by atoms with Crippen molar-refractivity contribution in [3.8, 4) is 0 Å². The quantitative estimate of drug-likeness (QED) is 0.857. The van der Waals surface area contributed by atoms with Crippen LogP contribution in [0, 0.1) is 12.8 Å².